The second kappa shape index (κ2) is 6.89. The summed E-state index contributed by atoms with van der Waals surface area (Å²) in [6, 6.07) is 5.74. The summed E-state index contributed by atoms with van der Waals surface area (Å²) < 4.78 is 13.2. The molecule has 1 saturated heterocycles. The molecule has 0 bridgehead atoms. The van der Waals surface area contributed by atoms with Gasteiger partial charge in [0.25, 0.3) is 0 Å². The standard InChI is InChI=1S/C14H20ClFN2.ClH/c1-9-5-11(7-17)8-18(9)10(2)12-3-4-14(16)13(15)6-12;/h3-4,6,9-11H,5,7-8,17H2,1-2H3;1H. The average molecular weight is 307 g/mol. The van der Waals surface area contributed by atoms with Crippen LogP contribution in [0.2, 0.25) is 5.02 Å². The van der Waals surface area contributed by atoms with Gasteiger partial charge in [0, 0.05) is 18.6 Å². The zero-order valence-electron chi connectivity index (χ0n) is 11.3. The first-order valence-corrected chi connectivity index (χ1v) is 6.81. The van der Waals surface area contributed by atoms with Crippen LogP contribution < -0.4 is 5.73 Å². The Labute approximate surface area is 125 Å². The van der Waals surface area contributed by atoms with E-state index in [-0.39, 0.29) is 29.3 Å². The van der Waals surface area contributed by atoms with Crippen LogP contribution >= 0.6 is 24.0 Å². The van der Waals surface area contributed by atoms with Gasteiger partial charge in [0.05, 0.1) is 5.02 Å². The quantitative estimate of drug-likeness (QED) is 0.924. The van der Waals surface area contributed by atoms with E-state index in [0.717, 1.165) is 25.1 Å². The van der Waals surface area contributed by atoms with Crippen LogP contribution in [0.3, 0.4) is 0 Å². The van der Waals surface area contributed by atoms with Crippen molar-refractivity contribution in [3.05, 3.63) is 34.6 Å². The highest BCUT2D eigenvalue weighted by atomic mass is 35.5. The van der Waals surface area contributed by atoms with Crippen LogP contribution in [0.15, 0.2) is 18.2 Å². The molecule has 5 heteroatoms. The molecule has 19 heavy (non-hydrogen) atoms. The normalized spacial score (nSPS) is 25.1. The van der Waals surface area contributed by atoms with E-state index in [1.165, 1.54) is 6.07 Å². The largest absolute Gasteiger partial charge is 0.330 e. The molecule has 2 nitrogen and oxygen atoms in total. The maximum absolute atomic E-state index is 13.2. The number of hydrogen-bond donors (Lipinski definition) is 1. The molecule has 1 heterocycles. The Morgan fingerprint density at radius 2 is 2.21 bits per heavy atom. The van der Waals surface area contributed by atoms with Gasteiger partial charge in [0.15, 0.2) is 0 Å². The number of nitrogens with zero attached hydrogens (tertiary/aromatic N) is 1. The lowest BCUT2D eigenvalue weighted by atomic mass is 10.1. The second-order valence-corrected chi connectivity index (χ2v) is 5.64. The molecule has 0 aliphatic carbocycles. The third-order valence-corrected chi connectivity index (χ3v) is 4.26. The van der Waals surface area contributed by atoms with E-state index in [1.54, 1.807) is 6.07 Å². The van der Waals surface area contributed by atoms with Crippen LogP contribution in [0.1, 0.15) is 31.9 Å². The molecular weight excluding hydrogens is 286 g/mol. The van der Waals surface area contributed by atoms with Gasteiger partial charge in [-0.1, -0.05) is 17.7 Å². The van der Waals surface area contributed by atoms with E-state index < -0.39 is 0 Å². The van der Waals surface area contributed by atoms with E-state index >= 15 is 0 Å². The molecule has 1 aliphatic heterocycles. The molecule has 108 valence electrons. The van der Waals surface area contributed by atoms with Crippen LogP contribution in [0, 0.1) is 11.7 Å². The fourth-order valence-electron chi connectivity index (χ4n) is 2.84. The summed E-state index contributed by atoms with van der Waals surface area (Å²) in [6.45, 7) is 6.10. The van der Waals surface area contributed by atoms with Gasteiger partial charge in [-0.25, -0.2) is 4.39 Å². The van der Waals surface area contributed by atoms with E-state index in [1.807, 2.05) is 6.07 Å². The van der Waals surface area contributed by atoms with Crippen molar-refractivity contribution in [3.8, 4) is 0 Å². The Balaban J connectivity index is 0.00000180. The van der Waals surface area contributed by atoms with E-state index in [9.17, 15) is 4.39 Å². The SMILES string of the molecule is CC1CC(CN)CN1C(C)c1ccc(F)c(Cl)c1.Cl. The number of hydrogen-bond acceptors (Lipinski definition) is 2. The van der Waals surface area contributed by atoms with Crippen LogP contribution in [-0.4, -0.2) is 24.0 Å². The smallest absolute Gasteiger partial charge is 0.141 e. The molecule has 0 radical (unpaired) electrons. The Hall–Kier alpha value is -0.350. The van der Waals surface area contributed by atoms with Crippen LogP contribution in [0.4, 0.5) is 4.39 Å². The molecular formula is C14H21Cl2FN2. The lowest BCUT2D eigenvalue weighted by Crippen LogP contribution is -2.30. The minimum Gasteiger partial charge on any atom is -0.330 e. The highest BCUT2D eigenvalue weighted by Crippen LogP contribution is 2.32. The molecule has 1 fully saturated rings. The fraction of sp³-hybridized carbons (Fsp3) is 0.571. The maximum Gasteiger partial charge on any atom is 0.141 e. The molecule has 1 aromatic rings. The molecule has 0 amide bonds. The van der Waals surface area contributed by atoms with E-state index in [4.69, 9.17) is 17.3 Å². The first-order chi connectivity index (χ1) is 8.52. The lowest BCUT2D eigenvalue weighted by molar-refractivity contribution is 0.200. The van der Waals surface area contributed by atoms with Gasteiger partial charge in [-0.2, -0.15) is 0 Å². The van der Waals surface area contributed by atoms with Gasteiger partial charge in [-0.05, 0) is 50.4 Å². The maximum atomic E-state index is 13.2. The van der Waals surface area contributed by atoms with Gasteiger partial charge in [0.1, 0.15) is 5.82 Å². The summed E-state index contributed by atoms with van der Waals surface area (Å²) in [5.74, 6) is 0.209. The predicted molar refractivity (Wildman–Crippen MR) is 80.4 cm³/mol. The highest BCUT2D eigenvalue weighted by Gasteiger charge is 2.31. The van der Waals surface area contributed by atoms with Gasteiger partial charge < -0.3 is 5.73 Å². The van der Waals surface area contributed by atoms with Crippen molar-refractivity contribution in [2.75, 3.05) is 13.1 Å². The average Bonchev–Trinajstić information content (AvgIpc) is 2.73. The van der Waals surface area contributed by atoms with Crippen molar-refractivity contribution in [1.82, 2.24) is 4.90 Å². The molecule has 0 spiro atoms. The first-order valence-electron chi connectivity index (χ1n) is 6.43. The van der Waals surface area contributed by atoms with Crippen LogP contribution in [0.25, 0.3) is 0 Å². The van der Waals surface area contributed by atoms with Gasteiger partial charge in [-0.15, -0.1) is 12.4 Å². The van der Waals surface area contributed by atoms with Crippen molar-refractivity contribution in [2.45, 2.75) is 32.4 Å². The number of likely N-dealkylation sites (tertiary alicyclic amines) is 1. The zero-order chi connectivity index (χ0) is 13.3. The first kappa shape index (κ1) is 16.7. The Bertz CT molecular complexity index is 428. The lowest BCUT2D eigenvalue weighted by Gasteiger charge is -2.29. The van der Waals surface area contributed by atoms with E-state index in [2.05, 4.69) is 18.7 Å². The fourth-order valence-corrected chi connectivity index (χ4v) is 3.03. The van der Waals surface area contributed by atoms with Crippen molar-refractivity contribution < 1.29 is 4.39 Å². The second-order valence-electron chi connectivity index (χ2n) is 5.23. The van der Waals surface area contributed by atoms with E-state index in [0.29, 0.717) is 12.0 Å². The number of halogens is 3. The number of benzene rings is 1. The summed E-state index contributed by atoms with van der Waals surface area (Å²) >= 11 is 5.84. The van der Waals surface area contributed by atoms with Gasteiger partial charge >= 0.3 is 0 Å². The van der Waals surface area contributed by atoms with Crippen molar-refractivity contribution >= 4 is 24.0 Å². The molecule has 0 saturated carbocycles. The summed E-state index contributed by atoms with van der Waals surface area (Å²) in [6.07, 6.45) is 1.13. The number of rotatable bonds is 3. The molecule has 3 atom stereocenters. The van der Waals surface area contributed by atoms with Crippen LogP contribution in [-0.2, 0) is 0 Å². The molecule has 3 unspecified atom stereocenters. The predicted octanol–water partition coefficient (Wildman–Crippen LogP) is 3.63. The highest BCUT2D eigenvalue weighted by molar-refractivity contribution is 6.30. The third kappa shape index (κ3) is 3.60. The molecule has 2 N–H and O–H groups in total. The Morgan fingerprint density at radius 3 is 2.74 bits per heavy atom. The van der Waals surface area contributed by atoms with Crippen molar-refractivity contribution in [1.29, 1.82) is 0 Å². The number of nitrogens with two attached hydrogens (primary N) is 1. The van der Waals surface area contributed by atoms with Crippen LogP contribution in [0.5, 0.6) is 0 Å². The minimum absolute atomic E-state index is 0. The summed E-state index contributed by atoms with van der Waals surface area (Å²) in [5, 5.41) is 0.196. The Morgan fingerprint density at radius 1 is 1.53 bits per heavy atom. The Kier molecular flexibility index (Phi) is 6.06. The summed E-state index contributed by atoms with van der Waals surface area (Å²) in [7, 11) is 0. The molecule has 1 aromatic carbocycles. The van der Waals surface area contributed by atoms with Crippen molar-refractivity contribution in [3.63, 3.8) is 0 Å². The van der Waals surface area contributed by atoms with Crippen molar-refractivity contribution in [2.24, 2.45) is 11.7 Å². The molecule has 1 aliphatic rings. The third-order valence-electron chi connectivity index (χ3n) is 3.97. The van der Waals surface area contributed by atoms with Gasteiger partial charge in [0.2, 0.25) is 0 Å². The molecule has 2 rings (SSSR count). The summed E-state index contributed by atoms with van der Waals surface area (Å²) in [4.78, 5) is 2.42. The zero-order valence-corrected chi connectivity index (χ0v) is 12.8. The monoisotopic (exact) mass is 306 g/mol. The summed E-state index contributed by atoms with van der Waals surface area (Å²) in [5.41, 5.74) is 6.80. The topological polar surface area (TPSA) is 29.3 Å². The minimum atomic E-state index is -0.359. The van der Waals surface area contributed by atoms with Gasteiger partial charge in [-0.3, -0.25) is 4.90 Å². The molecule has 0 aromatic heterocycles.